The van der Waals surface area contributed by atoms with Crippen molar-refractivity contribution in [3.05, 3.63) is 59.7 Å². The maximum Gasteiger partial charge on any atom is 0.309 e. The number of hydrogen-bond acceptors (Lipinski definition) is 6. The number of carbonyl (C=O) groups excluding carboxylic acids is 2. The normalized spacial score (nSPS) is 14.7. The van der Waals surface area contributed by atoms with Crippen molar-refractivity contribution in [2.45, 2.75) is 38.0 Å². The Bertz CT molecular complexity index is 1110. The molecule has 0 atom stereocenters. The molecular formula is C26H34N2O6S. The van der Waals surface area contributed by atoms with Crippen LogP contribution in [0.15, 0.2) is 53.4 Å². The molecule has 0 aliphatic carbocycles. The number of amides is 1. The Kier molecular flexibility index (Phi) is 9.28. The van der Waals surface area contributed by atoms with Crippen molar-refractivity contribution >= 4 is 21.9 Å². The number of rotatable bonds is 10. The van der Waals surface area contributed by atoms with Crippen LogP contribution in [0.5, 0.6) is 5.75 Å². The van der Waals surface area contributed by atoms with E-state index in [1.165, 1.54) is 11.4 Å². The minimum atomic E-state index is -4.02. The zero-order valence-electron chi connectivity index (χ0n) is 20.6. The van der Waals surface area contributed by atoms with Crippen LogP contribution in [0.2, 0.25) is 0 Å². The summed E-state index contributed by atoms with van der Waals surface area (Å²) in [6.07, 6.45) is 1.48. The average Bonchev–Trinajstić information content (AvgIpc) is 2.87. The van der Waals surface area contributed by atoms with Crippen LogP contribution in [-0.4, -0.2) is 69.4 Å². The van der Waals surface area contributed by atoms with Crippen molar-refractivity contribution in [3.63, 3.8) is 0 Å². The number of nitrogens with zero attached hydrogens (tertiary/aromatic N) is 2. The van der Waals surface area contributed by atoms with Crippen molar-refractivity contribution in [3.8, 4) is 5.75 Å². The molecule has 1 aliphatic heterocycles. The van der Waals surface area contributed by atoms with Gasteiger partial charge in [-0.25, -0.2) is 8.42 Å². The first kappa shape index (κ1) is 26.7. The predicted molar refractivity (Wildman–Crippen MR) is 133 cm³/mol. The first-order valence-corrected chi connectivity index (χ1v) is 13.3. The van der Waals surface area contributed by atoms with Gasteiger partial charge in [-0.1, -0.05) is 36.4 Å². The van der Waals surface area contributed by atoms with E-state index in [0.29, 0.717) is 39.0 Å². The third kappa shape index (κ3) is 6.82. The molecule has 35 heavy (non-hydrogen) atoms. The molecule has 0 unspecified atom stereocenters. The van der Waals surface area contributed by atoms with Crippen LogP contribution in [0.3, 0.4) is 0 Å². The van der Waals surface area contributed by atoms with Crippen molar-refractivity contribution in [1.82, 2.24) is 9.21 Å². The Balaban J connectivity index is 1.79. The summed E-state index contributed by atoms with van der Waals surface area (Å²) in [7, 11) is -2.59. The minimum absolute atomic E-state index is 0.0434. The smallest absolute Gasteiger partial charge is 0.309 e. The molecule has 1 saturated heterocycles. The number of benzene rings is 2. The van der Waals surface area contributed by atoms with Gasteiger partial charge in [0.1, 0.15) is 10.6 Å². The van der Waals surface area contributed by atoms with Crippen LogP contribution >= 0.6 is 0 Å². The maximum absolute atomic E-state index is 13.7. The lowest BCUT2D eigenvalue weighted by atomic mass is 9.97. The summed E-state index contributed by atoms with van der Waals surface area (Å²) in [5.74, 6) is -0.509. The van der Waals surface area contributed by atoms with Crippen LogP contribution in [0.1, 0.15) is 30.9 Å². The molecule has 9 heteroatoms. The molecule has 0 bridgehead atoms. The molecule has 190 valence electrons. The van der Waals surface area contributed by atoms with Crippen LogP contribution in [-0.2, 0) is 30.8 Å². The molecule has 2 aromatic carbocycles. The lowest BCUT2D eigenvalue weighted by Gasteiger charge is -2.32. The lowest BCUT2D eigenvalue weighted by Crippen LogP contribution is -2.47. The summed E-state index contributed by atoms with van der Waals surface area (Å²) in [4.78, 5) is 26.9. The Morgan fingerprint density at radius 1 is 1.09 bits per heavy atom. The number of likely N-dealkylation sites (tertiary alicyclic amines) is 1. The number of sulfonamides is 1. The highest BCUT2D eigenvalue weighted by Gasteiger charge is 2.33. The first-order chi connectivity index (χ1) is 16.8. The van der Waals surface area contributed by atoms with E-state index < -0.39 is 10.0 Å². The second-order valence-electron chi connectivity index (χ2n) is 8.64. The van der Waals surface area contributed by atoms with Crippen molar-refractivity contribution in [1.29, 1.82) is 0 Å². The summed E-state index contributed by atoms with van der Waals surface area (Å²) in [6.45, 7) is 4.56. The van der Waals surface area contributed by atoms with Gasteiger partial charge >= 0.3 is 5.97 Å². The maximum atomic E-state index is 13.7. The monoisotopic (exact) mass is 502 g/mol. The van der Waals surface area contributed by atoms with Gasteiger partial charge in [0.15, 0.2) is 0 Å². The van der Waals surface area contributed by atoms with E-state index in [-0.39, 0.29) is 41.5 Å². The number of methoxy groups -OCH3 is 1. The highest BCUT2D eigenvalue weighted by molar-refractivity contribution is 7.89. The first-order valence-electron chi connectivity index (χ1n) is 11.9. The predicted octanol–water partition coefficient (Wildman–Crippen LogP) is 3.04. The number of esters is 1. The molecule has 0 N–H and O–H groups in total. The molecule has 1 fully saturated rings. The topological polar surface area (TPSA) is 93.2 Å². The van der Waals surface area contributed by atoms with Crippen molar-refractivity contribution in [2.75, 3.05) is 39.9 Å². The van der Waals surface area contributed by atoms with E-state index in [1.54, 1.807) is 30.0 Å². The molecule has 0 aromatic heterocycles. The van der Waals surface area contributed by atoms with Gasteiger partial charge in [0.2, 0.25) is 15.9 Å². The number of aryl methyl sites for hydroxylation is 1. The van der Waals surface area contributed by atoms with E-state index in [9.17, 15) is 18.0 Å². The van der Waals surface area contributed by atoms with Gasteiger partial charge in [0.25, 0.3) is 0 Å². The molecule has 0 spiro atoms. The molecule has 1 amide bonds. The second kappa shape index (κ2) is 12.2. The van der Waals surface area contributed by atoms with Gasteiger partial charge in [-0.2, -0.15) is 4.31 Å². The number of piperidine rings is 1. The Morgan fingerprint density at radius 3 is 2.40 bits per heavy atom. The summed E-state index contributed by atoms with van der Waals surface area (Å²) >= 11 is 0. The fourth-order valence-electron chi connectivity index (χ4n) is 4.18. The zero-order chi connectivity index (χ0) is 25.4. The summed E-state index contributed by atoms with van der Waals surface area (Å²) in [5, 5.41) is 0. The van der Waals surface area contributed by atoms with E-state index >= 15 is 0 Å². The second-order valence-corrected chi connectivity index (χ2v) is 10.5. The quantitative estimate of drug-likeness (QED) is 0.464. The molecular weight excluding hydrogens is 468 g/mol. The van der Waals surface area contributed by atoms with Gasteiger partial charge in [-0.05, 0) is 56.4 Å². The van der Waals surface area contributed by atoms with E-state index in [0.717, 1.165) is 11.1 Å². The Morgan fingerprint density at radius 2 is 1.77 bits per heavy atom. The zero-order valence-corrected chi connectivity index (χ0v) is 21.4. The summed E-state index contributed by atoms with van der Waals surface area (Å²) in [5.41, 5.74) is 1.76. The molecule has 1 aliphatic rings. The largest absolute Gasteiger partial charge is 0.495 e. The summed E-state index contributed by atoms with van der Waals surface area (Å²) in [6, 6.07) is 14.5. The highest BCUT2D eigenvalue weighted by Crippen LogP contribution is 2.28. The Hall–Kier alpha value is -2.91. The molecule has 0 radical (unpaired) electrons. The fraction of sp³-hybridized carbons (Fsp3) is 0.462. The third-order valence-corrected chi connectivity index (χ3v) is 8.08. The standard InChI is InChI=1S/C26H34N2O6S/c1-4-34-26(30)22-13-15-27(16-14-22)25(29)19-28(17-12-21-8-6-5-7-9-21)35(31,32)24-18-20(2)10-11-23(24)33-3/h5-11,18,22H,4,12-17,19H2,1-3H3. The fourth-order valence-corrected chi connectivity index (χ4v) is 5.81. The van der Waals surface area contributed by atoms with Gasteiger partial charge in [-0.15, -0.1) is 0 Å². The molecule has 1 heterocycles. The Labute approximate surface area is 207 Å². The van der Waals surface area contributed by atoms with E-state index in [2.05, 4.69) is 0 Å². The van der Waals surface area contributed by atoms with Gasteiger partial charge in [-0.3, -0.25) is 9.59 Å². The minimum Gasteiger partial charge on any atom is -0.495 e. The van der Waals surface area contributed by atoms with Gasteiger partial charge in [0.05, 0.1) is 26.2 Å². The SMILES string of the molecule is CCOC(=O)C1CCN(C(=O)CN(CCc2ccccc2)S(=O)(=O)c2cc(C)ccc2OC)CC1. The molecule has 8 nitrogen and oxygen atoms in total. The van der Waals surface area contributed by atoms with Gasteiger partial charge in [0, 0.05) is 19.6 Å². The number of ether oxygens (including phenoxy) is 2. The molecule has 3 rings (SSSR count). The average molecular weight is 503 g/mol. The van der Waals surface area contributed by atoms with Gasteiger partial charge < -0.3 is 14.4 Å². The molecule has 0 saturated carbocycles. The van der Waals surface area contributed by atoms with Crippen molar-refractivity contribution in [2.24, 2.45) is 5.92 Å². The van der Waals surface area contributed by atoms with E-state index in [1.807, 2.05) is 37.3 Å². The van der Waals surface area contributed by atoms with Crippen LogP contribution < -0.4 is 4.74 Å². The highest BCUT2D eigenvalue weighted by atomic mass is 32.2. The molecule has 2 aromatic rings. The number of carbonyl (C=O) groups is 2. The van der Waals surface area contributed by atoms with Crippen molar-refractivity contribution < 1.29 is 27.5 Å². The third-order valence-electron chi connectivity index (χ3n) is 6.21. The number of hydrogen-bond donors (Lipinski definition) is 0. The van der Waals surface area contributed by atoms with Crippen LogP contribution in [0.25, 0.3) is 0 Å². The van der Waals surface area contributed by atoms with E-state index in [4.69, 9.17) is 9.47 Å². The summed E-state index contributed by atoms with van der Waals surface area (Å²) < 4.78 is 39.1. The van der Waals surface area contributed by atoms with Crippen LogP contribution in [0, 0.1) is 12.8 Å². The van der Waals surface area contributed by atoms with Crippen LogP contribution in [0.4, 0.5) is 0 Å². The lowest BCUT2D eigenvalue weighted by molar-refractivity contribution is -0.151.